The first-order valence-corrected chi connectivity index (χ1v) is 19.5. The molecule has 4 nitrogen and oxygen atoms in total. The molecule has 0 aliphatic heterocycles. The first kappa shape index (κ1) is 33.9. The van der Waals surface area contributed by atoms with Crippen molar-refractivity contribution in [3.8, 4) is 56.4 Å². The zero-order chi connectivity index (χ0) is 38.0. The summed E-state index contributed by atoms with van der Waals surface area (Å²) in [6.07, 6.45) is 18.5. The lowest BCUT2D eigenvalue weighted by atomic mass is 9.81. The second-order valence-electron chi connectivity index (χ2n) is 15.5. The number of nitrogens with zero attached hydrogens (tertiary/aromatic N) is 3. The molecule has 0 N–H and O–H groups in total. The molecule has 270 valence electrons. The van der Waals surface area contributed by atoms with Crippen LogP contribution in [0.1, 0.15) is 50.8 Å². The van der Waals surface area contributed by atoms with Gasteiger partial charge in [0.15, 0.2) is 17.5 Å². The highest BCUT2D eigenvalue weighted by Gasteiger charge is 2.35. The van der Waals surface area contributed by atoms with Crippen molar-refractivity contribution in [1.29, 1.82) is 0 Å². The Bertz CT molecular complexity index is 2990. The van der Waals surface area contributed by atoms with Crippen molar-refractivity contribution in [2.75, 3.05) is 0 Å². The topological polar surface area (TPSA) is 51.8 Å². The maximum Gasteiger partial charge on any atom is 0.164 e. The van der Waals surface area contributed by atoms with Gasteiger partial charge in [-0.1, -0.05) is 135 Å². The van der Waals surface area contributed by atoms with Gasteiger partial charge in [0.05, 0.1) is 0 Å². The first-order valence-electron chi connectivity index (χ1n) is 19.5. The van der Waals surface area contributed by atoms with E-state index in [1.54, 1.807) is 0 Å². The molecule has 0 spiro atoms. The van der Waals surface area contributed by atoms with Gasteiger partial charge in [0.25, 0.3) is 0 Å². The molecule has 1 atom stereocenters. The van der Waals surface area contributed by atoms with E-state index in [4.69, 9.17) is 19.4 Å². The third-order valence-corrected chi connectivity index (χ3v) is 11.7. The quantitative estimate of drug-likeness (QED) is 0.160. The van der Waals surface area contributed by atoms with Crippen LogP contribution in [0.15, 0.2) is 156 Å². The number of benzene rings is 5. The van der Waals surface area contributed by atoms with Gasteiger partial charge in [0.1, 0.15) is 11.0 Å². The third kappa shape index (κ3) is 5.55. The standard InChI is InChI=1S/C52H41N3O/c1-5-15-32(6-2)34-20-14-21-38(26-34)50-53-49(33-16-8-7-9-17-33)54-51(55-50)39-28-42(37-24-25-41-40-22-12-13-23-45(40)52(3,4)46(41)30-37)48-44(29-39)43-27-35-18-10-11-19-36(35)31-47(43)56-48/h5-18,20-31,36H,19H2,1-4H3/b15-5-,32-6+. The highest BCUT2D eigenvalue weighted by atomic mass is 16.3. The molecule has 7 aromatic rings. The molecular formula is C52H41N3O. The molecule has 5 aromatic carbocycles. The van der Waals surface area contributed by atoms with E-state index in [0.29, 0.717) is 23.4 Å². The van der Waals surface area contributed by atoms with Crippen molar-refractivity contribution >= 4 is 28.7 Å². The Labute approximate surface area is 327 Å². The van der Waals surface area contributed by atoms with E-state index >= 15 is 0 Å². The van der Waals surface area contributed by atoms with Crippen LogP contribution in [0.3, 0.4) is 0 Å². The Kier molecular flexibility index (Phi) is 8.04. The van der Waals surface area contributed by atoms with Crippen molar-refractivity contribution in [2.45, 2.75) is 39.5 Å². The van der Waals surface area contributed by atoms with Gasteiger partial charge in [-0.15, -0.1) is 0 Å². The largest absolute Gasteiger partial charge is 0.456 e. The van der Waals surface area contributed by atoms with Gasteiger partial charge in [0.2, 0.25) is 0 Å². The van der Waals surface area contributed by atoms with E-state index in [0.717, 1.165) is 67.0 Å². The maximum atomic E-state index is 6.90. The summed E-state index contributed by atoms with van der Waals surface area (Å²) in [6.45, 7) is 8.77. The van der Waals surface area contributed by atoms with E-state index in [1.807, 2.05) is 25.1 Å². The van der Waals surface area contributed by atoms with Crippen LogP contribution in [0.2, 0.25) is 0 Å². The van der Waals surface area contributed by atoms with Crippen LogP contribution in [0.25, 0.3) is 85.1 Å². The van der Waals surface area contributed by atoms with E-state index in [-0.39, 0.29) is 5.41 Å². The smallest absolute Gasteiger partial charge is 0.164 e. The van der Waals surface area contributed by atoms with E-state index in [2.05, 4.69) is 160 Å². The fraction of sp³-hybridized carbons (Fsp3) is 0.135. The van der Waals surface area contributed by atoms with E-state index < -0.39 is 0 Å². The molecule has 1 unspecified atom stereocenters. The van der Waals surface area contributed by atoms with Gasteiger partial charge in [-0.2, -0.15) is 0 Å². The van der Waals surface area contributed by atoms with Gasteiger partial charge >= 0.3 is 0 Å². The number of fused-ring (bicyclic) bond motifs is 7. The molecule has 0 amide bonds. The molecule has 3 aliphatic carbocycles. The zero-order valence-corrected chi connectivity index (χ0v) is 32.0. The molecule has 4 heteroatoms. The highest BCUT2D eigenvalue weighted by molar-refractivity contribution is 5.98. The van der Waals surface area contributed by atoms with E-state index in [9.17, 15) is 0 Å². The summed E-state index contributed by atoms with van der Waals surface area (Å²) in [4.78, 5) is 15.5. The molecule has 2 heterocycles. The molecule has 0 radical (unpaired) electrons. The SMILES string of the molecule is C/C=C\C(=C/C)c1cccc(-c2nc(-c3ccccc3)nc(-c3cc(-c4ccc5c(c4)C(C)(C)c4ccccc4-5)c4oc5c(c4c3)=CC3=CC=CCC3C=5)n2)c1. The summed E-state index contributed by atoms with van der Waals surface area (Å²) >= 11 is 0. The Hall–Kier alpha value is -6.65. The lowest BCUT2D eigenvalue weighted by Gasteiger charge is -2.22. The Morgan fingerprint density at radius 1 is 0.696 bits per heavy atom. The number of hydrogen-bond acceptors (Lipinski definition) is 4. The Morgan fingerprint density at radius 2 is 1.45 bits per heavy atom. The predicted octanol–water partition coefficient (Wildman–Crippen LogP) is 11.6. The number of furan rings is 1. The van der Waals surface area contributed by atoms with Gasteiger partial charge in [-0.05, 0) is 101 Å². The van der Waals surface area contributed by atoms with Crippen LogP contribution >= 0.6 is 0 Å². The molecule has 2 aromatic heterocycles. The van der Waals surface area contributed by atoms with Gasteiger partial charge in [-0.25, -0.2) is 15.0 Å². The minimum Gasteiger partial charge on any atom is -0.456 e. The summed E-state index contributed by atoms with van der Waals surface area (Å²) in [5.41, 5.74) is 15.4. The fourth-order valence-corrected chi connectivity index (χ4v) is 8.78. The second-order valence-corrected chi connectivity index (χ2v) is 15.5. The number of aromatic nitrogens is 3. The maximum absolute atomic E-state index is 6.90. The van der Waals surface area contributed by atoms with Crippen LogP contribution in [-0.2, 0) is 5.41 Å². The van der Waals surface area contributed by atoms with Gasteiger partial charge in [0, 0.05) is 44.2 Å². The monoisotopic (exact) mass is 723 g/mol. The highest BCUT2D eigenvalue weighted by Crippen LogP contribution is 2.50. The summed E-state index contributed by atoms with van der Waals surface area (Å²) < 4.78 is 6.90. The molecular weight excluding hydrogens is 683 g/mol. The van der Waals surface area contributed by atoms with Crippen molar-refractivity contribution in [3.63, 3.8) is 0 Å². The zero-order valence-electron chi connectivity index (χ0n) is 32.0. The fourth-order valence-electron chi connectivity index (χ4n) is 8.78. The average Bonchev–Trinajstić information content (AvgIpc) is 3.72. The van der Waals surface area contributed by atoms with Crippen molar-refractivity contribution in [2.24, 2.45) is 5.92 Å². The lowest BCUT2D eigenvalue weighted by Crippen LogP contribution is -2.27. The second kappa shape index (κ2) is 13.3. The van der Waals surface area contributed by atoms with Crippen LogP contribution in [-0.4, -0.2) is 15.0 Å². The Morgan fingerprint density at radius 3 is 2.27 bits per heavy atom. The normalized spacial score (nSPS) is 16.5. The van der Waals surface area contributed by atoms with E-state index in [1.165, 1.54) is 27.8 Å². The molecule has 3 aliphatic rings. The van der Waals surface area contributed by atoms with Crippen LogP contribution in [0.5, 0.6) is 0 Å². The molecule has 0 fully saturated rings. The van der Waals surface area contributed by atoms with Crippen molar-refractivity contribution < 1.29 is 4.42 Å². The molecule has 56 heavy (non-hydrogen) atoms. The Balaban J connectivity index is 1.22. The van der Waals surface area contributed by atoms with Crippen molar-refractivity contribution in [1.82, 2.24) is 15.0 Å². The minimum absolute atomic E-state index is 0.139. The summed E-state index contributed by atoms with van der Waals surface area (Å²) in [5.74, 6) is 2.18. The number of allylic oxidation sites excluding steroid dienone is 8. The van der Waals surface area contributed by atoms with Crippen LogP contribution < -0.4 is 10.6 Å². The number of hydrogen-bond donors (Lipinski definition) is 0. The molecule has 0 bridgehead atoms. The third-order valence-electron chi connectivity index (χ3n) is 11.7. The summed E-state index contributed by atoms with van der Waals surface area (Å²) in [7, 11) is 0. The lowest BCUT2D eigenvalue weighted by molar-refractivity contribution is 0.568. The summed E-state index contributed by atoms with van der Waals surface area (Å²) in [5, 5.41) is 2.15. The summed E-state index contributed by atoms with van der Waals surface area (Å²) in [6, 6.07) is 38.8. The molecule has 0 saturated heterocycles. The van der Waals surface area contributed by atoms with Gasteiger partial charge < -0.3 is 4.42 Å². The van der Waals surface area contributed by atoms with Crippen LogP contribution in [0, 0.1) is 5.92 Å². The number of rotatable bonds is 6. The molecule has 10 rings (SSSR count). The van der Waals surface area contributed by atoms with Crippen molar-refractivity contribution in [3.05, 3.63) is 179 Å². The first-order chi connectivity index (χ1) is 27.4. The predicted molar refractivity (Wildman–Crippen MR) is 231 cm³/mol. The average molecular weight is 724 g/mol. The molecule has 0 saturated carbocycles. The van der Waals surface area contributed by atoms with Gasteiger partial charge in [-0.3, -0.25) is 0 Å². The minimum atomic E-state index is -0.139. The van der Waals surface area contributed by atoms with Crippen LogP contribution in [0.4, 0.5) is 0 Å².